The number of halogens is 2. The first kappa shape index (κ1) is 18.7. The number of carbonyl (C=O) groups excluding carboxylic acids is 2. The highest BCUT2D eigenvalue weighted by Gasteiger charge is 2.23. The number of rotatable bonds is 6. The number of carbonyl (C=O) groups is 2. The van der Waals surface area contributed by atoms with Gasteiger partial charge in [0.15, 0.2) is 0 Å². The van der Waals surface area contributed by atoms with Crippen LogP contribution in [0.25, 0.3) is 0 Å². The van der Waals surface area contributed by atoms with Crippen molar-refractivity contribution in [1.82, 2.24) is 4.90 Å². The summed E-state index contributed by atoms with van der Waals surface area (Å²) in [7, 11) is 2.61. The molecule has 0 radical (unpaired) electrons. The van der Waals surface area contributed by atoms with Crippen molar-refractivity contribution in [3.63, 3.8) is 0 Å². The Balaban J connectivity index is 2.33. The Kier molecular flexibility index (Phi) is 6.36. The Morgan fingerprint density at radius 2 is 1.80 bits per heavy atom. The van der Waals surface area contributed by atoms with Crippen molar-refractivity contribution in [2.75, 3.05) is 20.8 Å². The second-order valence-corrected chi connectivity index (χ2v) is 5.64. The van der Waals surface area contributed by atoms with Gasteiger partial charge >= 0.3 is 5.97 Å². The predicted octanol–water partition coefficient (Wildman–Crippen LogP) is 3.30. The normalized spacial score (nSPS) is 10.2. The summed E-state index contributed by atoms with van der Waals surface area (Å²) in [6, 6.07) is 10.5. The van der Waals surface area contributed by atoms with Crippen LogP contribution in [0.1, 0.15) is 15.9 Å². The molecule has 0 heterocycles. The third-order valence-corrected chi connectivity index (χ3v) is 3.77. The number of hydrogen-bond acceptors (Lipinski definition) is 4. The van der Waals surface area contributed by atoms with Gasteiger partial charge in [0, 0.05) is 11.6 Å². The average molecular weight is 366 g/mol. The van der Waals surface area contributed by atoms with E-state index < -0.39 is 17.7 Å². The molecule has 0 spiro atoms. The molecule has 0 saturated heterocycles. The SMILES string of the molecule is COC(=O)CN(Cc1ccc(Cl)cc1)C(=O)c1cc(F)ccc1OC. The molecule has 5 nitrogen and oxygen atoms in total. The number of esters is 1. The summed E-state index contributed by atoms with van der Waals surface area (Å²) in [6.07, 6.45) is 0. The van der Waals surface area contributed by atoms with E-state index in [1.807, 2.05) is 0 Å². The van der Waals surface area contributed by atoms with E-state index in [-0.39, 0.29) is 24.4 Å². The van der Waals surface area contributed by atoms with E-state index in [4.69, 9.17) is 16.3 Å². The van der Waals surface area contributed by atoms with Gasteiger partial charge in [0.25, 0.3) is 5.91 Å². The number of hydrogen-bond donors (Lipinski definition) is 0. The monoisotopic (exact) mass is 365 g/mol. The molecule has 7 heteroatoms. The molecule has 132 valence electrons. The molecule has 25 heavy (non-hydrogen) atoms. The van der Waals surface area contributed by atoms with E-state index in [0.717, 1.165) is 11.6 Å². The van der Waals surface area contributed by atoms with Crippen molar-refractivity contribution in [2.45, 2.75) is 6.54 Å². The fourth-order valence-corrected chi connectivity index (χ4v) is 2.37. The van der Waals surface area contributed by atoms with Gasteiger partial charge in [-0.25, -0.2) is 4.39 Å². The van der Waals surface area contributed by atoms with Gasteiger partial charge in [-0.2, -0.15) is 0 Å². The molecular weight excluding hydrogens is 349 g/mol. The molecule has 0 saturated carbocycles. The largest absolute Gasteiger partial charge is 0.496 e. The molecule has 0 fully saturated rings. The van der Waals surface area contributed by atoms with Crippen molar-refractivity contribution < 1.29 is 23.5 Å². The van der Waals surface area contributed by atoms with Gasteiger partial charge in [0.1, 0.15) is 18.1 Å². The van der Waals surface area contributed by atoms with Gasteiger partial charge in [-0.05, 0) is 35.9 Å². The molecule has 1 amide bonds. The average Bonchev–Trinajstić information content (AvgIpc) is 2.62. The number of amides is 1. The molecule has 2 aromatic carbocycles. The van der Waals surface area contributed by atoms with Crippen LogP contribution in [0.4, 0.5) is 4.39 Å². The minimum absolute atomic E-state index is 0.0281. The molecule has 2 aromatic rings. The molecule has 0 aliphatic heterocycles. The van der Waals surface area contributed by atoms with Crippen LogP contribution in [0.3, 0.4) is 0 Å². The summed E-state index contributed by atoms with van der Waals surface area (Å²) in [6.45, 7) is -0.150. The Morgan fingerprint density at radius 3 is 2.40 bits per heavy atom. The van der Waals surface area contributed by atoms with Crippen molar-refractivity contribution in [1.29, 1.82) is 0 Å². The zero-order chi connectivity index (χ0) is 18.4. The van der Waals surface area contributed by atoms with Crippen LogP contribution in [0.15, 0.2) is 42.5 Å². The van der Waals surface area contributed by atoms with Crippen LogP contribution < -0.4 is 4.74 Å². The lowest BCUT2D eigenvalue weighted by molar-refractivity contribution is -0.141. The van der Waals surface area contributed by atoms with Crippen molar-refractivity contribution in [2.24, 2.45) is 0 Å². The zero-order valence-electron chi connectivity index (χ0n) is 13.8. The van der Waals surface area contributed by atoms with E-state index in [2.05, 4.69) is 4.74 Å². The fraction of sp³-hybridized carbons (Fsp3) is 0.222. The van der Waals surface area contributed by atoms with Gasteiger partial charge in [-0.3, -0.25) is 9.59 Å². The van der Waals surface area contributed by atoms with Crippen molar-refractivity contribution >= 4 is 23.5 Å². The summed E-state index contributed by atoms with van der Waals surface area (Å²) in [5.41, 5.74) is 0.789. The summed E-state index contributed by atoms with van der Waals surface area (Å²) < 4.78 is 23.3. The third-order valence-electron chi connectivity index (χ3n) is 3.51. The van der Waals surface area contributed by atoms with Gasteiger partial charge in [-0.15, -0.1) is 0 Å². The molecule has 0 unspecified atom stereocenters. The number of benzene rings is 2. The smallest absolute Gasteiger partial charge is 0.325 e. The van der Waals surface area contributed by atoms with E-state index in [1.165, 1.54) is 31.3 Å². The topological polar surface area (TPSA) is 55.8 Å². The van der Waals surface area contributed by atoms with E-state index >= 15 is 0 Å². The highest BCUT2D eigenvalue weighted by molar-refractivity contribution is 6.30. The molecule has 0 aromatic heterocycles. The third kappa shape index (κ3) is 4.93. The van der Waals surface area contributed by atoms with Crippen LogP contribution in [-0.2, 0) is 16.1 Å². The van der Waals surface area contributed by atoms with Gasteiger partial charge in [-0.1, -0.05) is 23.7 Å². The Labute approximate surface area is 149 Å². The lowest BCUT2D eigenvalue weighted by Crippen LogP contribution is -2.36. The maximum Gasteiger partial charge on any atom is 0.325 e. The van der Waals surface area contributed by atoms with Crippen molar-refractivity contribution in [3.05, 3.63) is 64.4 Å². The second kappa shape index (κ2) is 8.48. The summed E-state index contributed by atoms with van der Waals surface area (Å²) >= 11 is 5.86. The first-order valence-corrected chi connectivity index (χ1v) is 7.76. The number of ether oxygens (including phenoxy) is 2. The molecule has 0 aliphatic rings. The fourth-order valence-electron chi connectivity index (χ4n) is 2.25. The Morgan fingerprint density at radius 1 is 1.12 bits per heavy atom. The highest BCUT2D eigenvalue weighted by Crippen LogP contribution is 2.22. The van der Waals surface area contributed by atoms with Gasteiger partial charge < -0.3 is 14.4 Å². The minimum Gasteiger partial charge on any atom is -0.496 e. The first-order chi connectivity index (χ1) is 11.9. The van der Waals surface area contributed by atoms with Crippen LogP contribution >= 0.6 is 11.6 Å². The predicted molar refractivity (Wildman–Crippen MR) is 91.2 cm³/mol. The van der Waals surface area contributed by atoms with Crippen LogP contribution in [0.5, 0.6) is 5.75 Å². The lowest BCUT2D eigenvalue weighted by Gasteiger charge is -2.22. The standard InChI is InChI=1S/C18H17ClFNO4/c1-24-16-8-7-14(20)9-15(16)18(23)21(11-17(22)25-2)10-12-3-5-13(19)6-4-12/h3-9H,10-11H2,1-2H3. The number of methoxy groups -OCH3 is 2. The molecular formula is C18H17ClFNO4. The number of nitrogens with zero attached hydrogens (tertiary/aromatic N) is 1. The Hall–Kier alpha value is -2.60. The summed E-state index contributed by atoms with van der Waals surface area (Å²) in [4.78, 5) is 25.8. The summed E-state index contributed by atoms with van der Waals surface area (Å²) in [5.74, 6) is -1.49. The summed E-state index contributed by atoms with van der Waals surface area (Å²) in [5, 5.41) is 0.557. The molecule has 0 N–H and O–H groups in total. The van der Waals surface area contributed by atoms with Crippen LogP contribution in [0, 0.1) is 5.82 Å². The zero-order valence-corrected chi connectivity index (χ0v) is 14.5. The van der Waals surface area contributed by atoms with E-state index in [0.29, 0.717) is 5.02 Å². The molecule has 0 bridgehead atoms. The van der Waals surface area contributed by atoms with Gasteiger partial charge in [0.2, 0.25) is 0 Å². The lowest BCUT2D eigenvalue weighted by atomic mass is 10.1. The quantitative estimate of drug-likeness (QED) is 0.737. The first-order valence-electron chi connectivity index (χ1n) is 7.38. The van der Waals surface area contributed by atoms with Crippen LogP contribution in [-0.4, -0.2) is 37.5 Å². The second-order valence-electron chi connectivity index (χ2n) is 5.21. The Bertz CT molecular complexity index is 764. The molecule has 2 rings (SSSR count). The van der Waals surface area contributed by atoms with Crippen molar-refractivity contribution in [3.8, 4) is 5.75 Å². The van der Waals surface area contributed by atoms with Crippen LogP contribution in [0.2, 0.25) is 5.02 Å². The molecule has 0 atom stereocenters. The van der Waals surface area contributed by atoms with E-state index in [1.54, 1.807) is 24.3 Å². The van der Waals surface area contributed by atoms with E-state index in [9.17, 15) is 14.0 Å². The van der Waals surface area contributed by atoms with Gasteiger partial charge in [0.05, 0.1) is 19.8 Å². The maximum atomic E-state index is 13.6. The highest BCUT2D eigenvalue weighted by atomic mass is 35.5. The minimum atomic E-state index is -0.585. The molecule has 0 aliphatic carbocycles. The maximum absolute atomic E-state index is 13.6.